The fraction of sp³-hybridized carbons (Fsp3) is 0.462. The standard InChI is InChI=1S/C26H36ClN3O4S/c1-6-20(3)28-26(32)21(4)29(18-22-9-7-10-23(27)17-22)25(31)11-8-16-30(35(5,33)34)24-14-12-19(2)13-15-24/h7,9-10,12-15,17,20-21H,6,8,11,16,18H2,1-5H3,(H,28,32)/t20-,21-/m0/s1. The number of carbonyl (C=O) groups excluding carboxylic acids is 2. The molecule has 35 heavy (non-hydrogen) atoms. The Morgan fingerprint density at radius 1 is 1.09 bits per heavy atom. The smallest absolute Gasteiger partial charge is 0.242 e. The van der Waals surface area contributed by atoms with Gasteiger partial charge in [0.2, 0.25) is 21.8 Å². The zero-order valence-electron chi connectivity index (χ0n) is 21.1. The van der Waals surface area contributed by atoms with Gasteiger partial charge in [-0.25, -0.2) is 8.42 Å². The molecule has 7 nitrogen and oxygen atoms in total. The Balaban J connectivity index is 2.16. The highest BCUT2D eigenvalue weighted by Crippen LogP contribution is 2.20. The summed E-state index contributed by atoms with van der Waals surface area (Å²) < 4.78 is 26.1. The van der Waals surface area contributed by atoms with E-state index in [1.165, 1.54) is 9.21 Å². The fourth-order valence-electron chi connectivity index (χ4n) is 3.60. The van der Waals surface area contributed by atoms with Gasteiger partial charge >= 0.3 is 0 Å². The normalized spacial score (nSPS) is 13.1. The molecule has 2 aromatic rings. The Bertz CT molecular complexity index is 1110. The fourth-order valence-corrected chi connectivity index (χ4v) is 4.77. The first kappa shape index (κ1) is 28.7. The Labute approximate surface area is 214 Å². The number of halogens is 1. The minimum Gasteiger partial charge on any atom is -0.352 e. The van der Waals surface area contributed by atoms with Crippen LogP contribution in [0.2, 0.25) is 5.02 Å². The third-order valence-corrected chi connectivity index (χ3v) is 7.31. The zero-order valence-corrected chi connectivity index (χ0v) is 22.7. The molecule has 0 unspecified atom stereocenters. The molecule has 2 amide bonds. The van der Waals surface area contributed by atoms with Crippen LogP contribution >= 0.6 is 11.6 Å². The van der Waals surface area contributed by atoms with Gasteiger partial charge in [0.05, 0.1) is 11.9 Å². The van der Waals surface area contributed by atoms with Gasteiger partial charge in [-0.05, 0) is 63.4 Å². The van der Waals surface area contributed by atoms with Crippen LogP contribution in [0.3, 0.4) is 0 Å². The van der Waals surface area contributed by atoms with Crippen LogP contribution in [-0.4, -0.2) is 50.0 Å². The topological polar surface area (TPSA) is 86.8 Å². The highest BCUT2D eigenvalue weighted by molar-refractivity contribution is 7.92. The van der Waals surface area contributed by atoms with E-state index in [-0.39, 0.29) is 37.4 Å². The molecule has 0 saturated carbocycles. The lowest BCUT2D eigenvalue weighted by Gasteiger charge is -2.30. The summed E-state index contributed by atoms with van der Waals surface area (Å²) in [4.78, 5) is 27.6. The molecule has 0 radical (unpaired) electrons. The molecule has 0 spiro atoms. The van der Waals surface area contributed by atoms with Gasteiger partial charge in [0, 0.05) is 30.6 Å². The first-order valence-corrected chi connectivity index (χ1v) is 14.0. The average molecular weight is 522 g/mol. The van der Waals surface area contributed by atoms with Crippen molar-refractivity contribution in [3.63, 3.8) is 0 Å². The number of aryl methyl sites for hydroxylation is 1. The lowest BCUT2D eigenvalue weighted by Crippen LogP contribution is -2.49. The molecule has 1 N–H and O–H groups in total. The van der Waals surface area contributed by atoms with Crippen molar-refractivity contribution in [2.75, 3.05) is 17.1 Å². The molecule has 2 atom stereocenters. The van der Waals surface area contributed by atoms with E-state index >= 15 is 0 Å². The number of amides is 2. The quantitative estimate of drug-likeness (QED) is 0.444. The monoisotopic (exact) mass is 521 g/mol. The summed E-state index contributed by atoms with van der Waals surface area (Å²) in [6.45, 7) is 7.91. The van der Waals surface area contributed by atoms with E-state index in [4.69, 9.17) is 11.6 Å². The number of sulfonamides is 1. The van der Waals surface area contributed by atoms with Crippen LogP contribution in [0.5, 0.6) is 0 Å². The predicted octanol–water partition coefficient (Wildman–Crippen LogP) is 4.53. The van der Waals surface area contributed by atoms with Gasteiger partial charge in [-0.1, -0.05) is 48.4 Å². The summed E-state index contributed by atoms with van der Waals surface area (Å²) in [5.74, 6) is -0.457. The van der Waals surface area contributed by atoms with E-state index in [1.807, 2.05) is 39.0 Å². The maximum Gasteiger partial charge on any atom is 0.242 e. The van der Waals surface area contributed by atoms with Crippen molar-refractivity contribution in [3.05, 3.63) is 64.7 Å². The van der Waals surface area contributed by atoms with E-state index in [0.717, 1.165) is 23.8 Å². The highest BCUT2D eigenvalue weighted by Gasteiger charge is 2.27. The van der Waals surface area contributed by atoms with Crippen LogP contribution in [0.4, 0.5) is 5.69 Å². The molecule has 0 heterocycles. The predicted molar refractivity (Wildman–Crippen MR) is 142 cm³/mol. The molecular formula is C26H36ClN3O4S. The maximum absolute atomic E-state index is 13.3. The molecule has 0 bridgehead atoms. The molecule has 0 aliphatic carbocycles. The Morgan fingerprint density at radius 3 is 2.31 bits per heavy atom. The lowest BCUT2D eigenvalue weighted by molar-refractivity contribution is -0.140. The van der Waals surface area contributed by atoms with Crippen LogP contribution in [0, 0.1) is 6.92 Å². The number of benzene rings is 2. The average Bonchev–Trinajstić information content (AvgIpc) is 2.79. The summed E-state index contributed by atoms with van der Waals surface area (Å²) >= 11 is 6.12. The molecular weight excluding hydrogens is 486 g/mol. The van der Waals surface area contributed by atoms with Crippen molar-refractivity contribution in [1.29, 1.82) is 0 Å². The minimum atomic E-state index is -3.52. The summed E-state index contributed by atoms with van der Waals surface area (Å²) in [5, 5.41) is 3.49. The number of carbonyl (C=O) groups is 2. The van der Waals surface area contributed by atoms with Crippen molar-refractivity contribution in [2.24, 2.45) is 0 Å². The van der Waals surface area contributed by atoms with Gasteiger partial charge in [0.25, 0.3) is 0 Å². The molecule has 192 valence electrons. The summed E-state index contributed by atoms with van der Waals surface area (Å²) in [6, 6.07) is 13.7. The van der Waals surface area contributed by atoms with Gasteiger partial charge in [0.15, 0.2) is 0 Å². The van der Waals surface area contributed by atoms with Crippen LogP contribution in [-0.2, 0) is 26.2 Å². The van der Waals surface area contributed by atoms with Gasteiger partial charge < -0.3 is 10.2 Å². The number of anilines is 1. The van der Waals surface area contributed by atoms with Crippen molar-refractivity contribution >= 4 is 39.1 Å². The Hall–Kier alpha value is -2.58. The summed E-state index contributed by atoms with van der Waals surface area (Å²) in [6.07, 6.45) is 2.34. The number of nitrogens with one attached hydrogen (secondary N) is 1. The molecule has 0 aliphatic rings. The largest absolute Gasteiger partial charge is 0.352 e. The number of nitrogens with zero attached hydrogens (tertiary/aromatic N) is 2. The van der Waals surface area contributed by atoms with Crippen molar-refractivity contribution in [1.82, 2.24) is 10.2 Å². The molecule has 0 fully saturated rings. The second-order valence-corrected chi connectivity index (χ2v) is 11.3. The third-order valence-electron chi connectivity index (χ3n) is 5.88. The molecule has 0 aliphatic heterocycles. The van der Waals surface area contributed by atoms with E-state index in [9.17, 15) is 18.0 Å². The van der Waals surface area contributed by atoms with E-state index in [2.05, 4.69) is 5.32 Å². The summed E-state index contributed by atoms with van der Waals surface area (Å²) in [7, 11) is -3.52. The van der Waals surface area contributed by atoms with Gasteiger partial charge in [0.1, 0.15) is 6.04 Å². The number of hydrogen-bond acceptors (Lipinski definition) is 4. The molecule has 0 saturated heterocycles. The van der Waals surface area contributed by atoms with Crippen LogP contribution < -0.4 is 9.62 Å². The number of hydrogen-bond donors (Lipinski definition) is 1. The Morgan fingerprint density at radius 2 is 1.74 bits per heavy atom. The number of rotatable bonds is 12. The van der Waals surface area contributed by atoms with Gasteiger partial charge in [-0.3, -0.25) is 13.9 Å². The second-order valence-electron chi connectivity index (χ2n) is 8.92. The van der Waals surface area contributed by atoms with Gasteiger partial charge in [-0.15, -0.1) is 0 Å². The second kappa shape index (κ2) is 12.9. The summed E-state index contributed by atoms with van der Waals surface area (Å²) in [5.41, 5.74) is 2.40. The van der Waals surface area contributed by atoms with E-state index in [1.54, 1.807) is 37.3 Å². The molecule has 2 rings (SSSR count). The first-order chi connectivity index (χ1) is 16.4. The van der Waals surface area contributed by atoms with E-state index < -0.39 is 16.1 Å². The third kappa shape index (κ3) is 8.85. The van der Waals surface area contributed by atoms with E-state index in [0.29, 0.717) is 17.1 Å². The van der Waals surface area contributed by atoms with Gasteiger partial charge in [-0.2, -0.15) is 0 Å². The SMILES string of the molecule is CC[C@H](C)NC(=O)[C@H](C)N(Cc1cccc(Cl)c1)C(=O)CCCN(c1ccc(C)cc1)S(C)(=O)=O. The zero-order chi connectivity index (χ0) is 26.2. The maximum atomic E-state index is 13.3. The highest BCUT2D eigenvalue weighted by atomic mass is 35.5. The van der Waals surface area contributed by atoms with Crippen molar-refractivity contribution in [2.45, 2.75) is 65.6 Å². The first-order valence-electron chi connectivity index (χ1n) is 11.8. The van der Waals surface area contributed by atoms with Crippen LogP contribution in [0.1, 0.15) is 51.2 Å². The van der Waals surface area contributed by atoms with Crippen molar-refractivity contribution in [3.8, 4) is 0 Å². The van der Waals surface area contributed by atoms with Crippen molar-refractivity contribution < 1.29 is 18.0 Å². The Kier molecular flexibility index (Phi) is 10.6. The van der Waals surface area contributed by atoms with Crippen LogP contribution in [0.25, 0.3) is 0 Å². The lowest BCUT2D eigenvalue weighted by atomic mass is 10.1. The van der Waals surface area contributed by atoms with Crippen LogP contribution in [0.15, 0.2) is 48.5 Å². The molecule has 9 heteroatoms. The minimum absolute atomic E-state index is 0.00843. The molecule has 2 aromatic carbocycles. The molecule has 0 aromatic heterocycles.